The number of ketones is 1. The van der Waals surface area contributed by atoms with E-state index in [9.17, 15) is 18.0 Å². The van der Waals surface area contributed by atoms with E-state index in [0.717, 1.165) is 17.7 Å². The van der Waals surface area contributed by atoms with Gasteiger partial charge in [-0.15, -0.1) is 0 Å². The van der Waals surface area contributed by atoms with Crippen LogP contribution in [0.15, 0.2) is 34.7 Å². The van der Waals surface area contributed by atoms with E-state index in [4.69, 9.17) is 18.6 Å². The molecule has 2 atom stereocenters. The fourth-order valence-electron chi connectivity index (χ4n) is 7.41. The van der Waals surface area contributed by atoms with Crippen LogP contribution >= 0.6 is 0 Å². The molecule has 2 aliphatic carbocycles. The molecule has 12 heteroatoms. The number of hydrogen-bond acceptors (Lipinski definition) is 9. The van der Waals surface area contributed by atoms with E-state index < -0.39 is 20.9 Å². The van der Waals surface area contributed by atoms with Crippen LogP contribution in [0.5, 0.6) is 11.5 Å². The topological polar surface area (TPSA) is 119 Å². The van der Waals surface area contributed by atoms with E-state index in [1.165, 1.54) is 4.31 Å². The zero-order valence-electron chi connectivity index (χ0n) is 25.9. The first-order valence-corrected chi connectivity index (χ1v) is 17.1. The predicted molar refractivity (Wildman–Crippen MR) is 161 cm³/mol. The van der Waals surface area contributed by atoms with E-state index >= 15 is 0 Å². The normalized spacial score (nSPS) is 24.4. The summed E-state index contributed by atoms with van der Waals surface area (Å²) in [5.41, 5.74) is -0.503. The Hall–Kier alpha value is -2.93. The van der Waals surface area contributed by atoms with Crippen LogP contribution in [-0.4, -0.2) is 92.7 Å². The van der Waals surface area contributed by atoms with Gasteiger partial charge in [0.2, 0.25) is 22.7 Å². The Bertz CT molecular complexity index is 1500. The van der Waals surface area contributed by atoms with Crippen LogP contribution in [0.1, 0.15) is 50.2 Å². The molecular formula is C32H43N3O8S. The lowest BCUT2D eigenvalue weighted by Crippen LogP contribution is -2.51. The smallest absolute Gasteiger partial charge is 0.238 e. The van der Waals surface area contributed by atoms with Crippen molar-refractivity contribution in [2.24, 2.45) is 16.7 Å². The maximum absolute atomic E-state index is 14.3. The first-order valence-electron chi connectivity index (χ1n) is 15.5. The lowest BCUT2D eigenvalue weighted by molar-refractivity contribution is -0.133. The molecule has 2 aliphatic heterocycles. The number of amides is 1. The van der Waals surface area contributed by atoms with Gasteiger partial charge in [-0.1, -0.05) is 19.9 Å². The number of carbonyl (C=O) groups is 2. The number of carbonyl (C=O) groups excluding carboxylic acids is 2. The zero-order chi connectivity index (χ0) is 31.1. The number of aryl methyl sites for hydroxylation is 1. The molecule has 2 bridgehead atoms. The highest BCUT2D eigenvalue weighted by Gasteiger charge is 2.65. The molecule has 0 N–H and O–H groups in total. The fourth-order valence-corrected chi connectivity index (χ4v) is 9.56. The number of furan rings is 1. The summed E-state index contributed by atoms with van der Waals surface area (Å²) < 4.78 is 52.2. The second-order valence-corrected chi connectivity index (χ2v) is 15.1. The summed E-state index contributed by atoms with van der Waals surface area (Å²) in [6.45, 7) is 9.33. The van der Waals surface area contributed by atoms with Gasteiger partial charge in [0.1, 0.15) is 17.3 Å². The lowest BCUT2D eigenvalue weighted by atomic mass is 9.70. The van der Waals surface area contributed by atoms with E-state index in [-0.39, 0.29) is 56.3 Å². The van der Waals surface area contributed by atoms with E-state index in [2.05, 4.69) is 4.90 Å². The molecule has 240 valence electrons. The molecule has 0 radical (unpaired) electrons. The number of benzene rings is 1. The van der Waals surface area contributed by atoms with Crippen LogP contribution in [0.25, 0.3) is 0 Å². The fraction of sp³-hybridized carbons (Fsp3) is 0.625. The third-order valence-electron chi connectivity index (χ3n) is 10.3. The van der Waals surface area contributed by atoms with E-state index in [0.29, 0.717) is 62.9 Å². The molecule has 6 rings (SSSR count). The van der Waals surface area contributed by atoms with Gasteiger partial charge in [-0.25, -0.2) is 8.42 Å². The molecule has 44 heavy (non-hydrogen) atoms. The maximum atomic E-state index is 14.3. The van der Waals surface area contributed by atoms with Crippen molar-refractivity contribution < 1.29 is 36.6 Å². The van der Waals surface area contributed by atoms with Crippen LogP contribution < -0.4 is 9.47 Å². The molecule has 0 spiro atoms. The summed E-state index contributed by atoms with van der Waals surface area (Å²) in [7, 11) is -3.99. The lowest BCUT2D eigenvalue weighted by Gasteiger charge is -2.38. The van der Waals surface area contributed by atoms with Gasteiger partial charge in [0.15, 0.2) is 11.5 Å². The SMILES string of the molecule is Cc1ccc(CN(Cc2ccc3c(c2)OCO3)C(=O)CN(CCN2CCOCC2)S(=O)(=O)CC23CCC(CC2=O)C3(C)C)o1. The van der Waals surface area contributed by atoms with Crippen LogP contribution in [0.2, 0.25) is 0 Å². The van der Waals surface area contributed by atoms with Crippen LogP contribution in [0.3, 0.4) is 0 Å². The first-order chi connectivity index (χ1) is 21.0. The van der Waals surface area contributed by atoms with Crippen molar-refractivity contribution in [1.29, 1.82) is 0 Å². The minimum atomic E-state index is -3.99. The Morgan fingerprint density at radius 2 is 1.84 bits per heavy atom. The van der Waals surface area contributed by atoms with Crippen LogP contribution in [0.4, 0.5) is 0 Å². The number of rotatable bonds is 12. The average molecular weight is 630 g/mol. The molecule has 3 heterocycles. The second-order valence-electron chi connectivity index (χ2n) is 13.2. The Balaban J connectivity index is 1.25. The van der Waals surface area contributed by atoms with Crippen molar-refractivity contribution >= 4 is 21.7 Å². The molecule has 3 fully saturated rings. The molecule has 4 aliphatic rings. The third kappa shape index (κ3) is 6.01. The van der Waals surface area contributed by atoms with Crippen molar-refractivity contribution in [1.82, 2.24) is 14.1 Å². The van der Waals surface area contributed by atoms with E-state index in [1.54, 1.807) is 4.90 Å². The summed E-state index contributed by atoms with van der Waals surface area (Å²) in [6.07, 6.45) is 1.86. The monoisotopic (exact) mass is 629 g/mol. The number of Topliss-reactive ketones (excluding diaryl/α,β-unsaturated/α-hetero) is 1. The van der Waals surface area contributed by atoms with Crippen molar-refractivity contribution in [2.75, 3.05) is 58.5 Å². The number of nitrogens with zero attached hydrogens (tertiary/aromatic N) is 3. The largest absolute Gasteiger partial charge is 0.464 e. The van der Waals surface area contributed by atoms with Crippen LogP contribution in [0, 0.1) is 23.7 Å². The Morgan fingerprint density at radius 1 is 1.07 bits per heavy atom. The number of hydrogen-bond donors (Lipinski definition) is 0. The summed E-state index contributed by atoms with van der Waals surface area (Å²) in [5, 5.41) is 0. The summed E-state index contributed by atoms with van der Waals surface area (Å²) in [6, 6.07) is 9.19. The Morgan fingerprint density at radius 3 is 2.52 bits per heavy atom. The van der Waals surface area contributed by atoms with Gasteiger partial charge in [-0.2, -0.15) is 4.31 Å². The predicted octanol–water partition coefficient (Wildman–Crippen LogP) is 3.20. The molecule has 1 aromatic carbocycles. The van der Waals surface area contributed by atoms with Gasteiger partial charge < -0.3 is 23.5 Å². The Labute approximate surface area is 259 Å². The highest BCUT2D eigenvalue weighted by atomic mass is 32.2. The van der Waals surface area contributed by atoms with Crippen molar-refractivity contribution in [3.05, 3.63) is 47.4 Å². The van der Waals surface area contributed by atoms with Crippen molar-refractivity contribution in [3.8, 4) is 11.5 Å². The number of ether oxygens (including phenoxy) is 3. The highest BCUT2D eigenvalue weighted by molar-refractivity contribution is 7.89. The molecule has 2 unspecified atom stereocenters. The van der Waals surface area contributed by atoms with Gasteiger partial charge in [-0.05, 0) is 60.9 Å². The summed E-state index contributed by atoms with van der Waals surface area (Å²) in [5.74, 6) is 2.21. The minimum Gasteiger partial charge on any atom is -0.464 e. The maximum Gasteiger partial charge on any atom is 0.238 e. The average Bonchev–Trinajstić information content (AvgIpc) is 3.72. The standard InChI is InChI=1S/C32H43N3O8S/c1-23-4-6-26(43-23)19-34(18-24-5-7-27-28(16-24)42-22-41-27)30(37)20-35(11-10-33-12-14-40-15-13-33)44(38,39)21-32-9-8-25(17-29(32)36)31(32,2)3/h4-7,16,25H,8-15,17-22H2,1-3H3. The van der Waals surface area contributed by atoms with Gasteiger partial charge in [0.25, 0.3) is 0 Å². The minimum absolute atomic E-state index is 0.0411. The molecule has 1 aromatic heterocycles. The highest BCUT2D eigenvalue weighted by Crippen LogP contribution is 2.64. The van der Waals surface area contributed by atoms with Crippen molar-refractivity contribution in [3.63, 3.8) is 0 Å². The molecule has 2 aromatic rings. The van der Waals surface area contributed by atoms with Gasteiger partial charge in [0, 0.05) is 44.6 Å². The quantitative estimate of drug-likeness (QED) is 0.349. The number of sulfonamides is 1. The zero-order valence-corrected chi connectivity index (χ0v) is 26.7. The second kappa shape index (κ2) is 12.1. The molecule has 1 saturated heterocycles. The van der Waals surface area contributed by atoms with Gasteiger partial charge in [-0.3, -0.25) is 14.5 Å². The number of morpholine rings is 1. The molecular weight excluding hydrogens is 586 g/mol. The van der Waals surface area contributed by atoms with Gasteiger partial charge >= 0.3 is 0 Å². The third-order valence-corrected chi connectivity index (χ3v) is 12.3. The molecule has 2 saturated carbocycles. The summed E-state index contributed by atoms with van der Waals surface area (Å²) in [4.78, 5) is 31.2. The first kappa shape index (κ1) is 31.1. The van der Waals surface area contributed by atoms with E-state index in [1.807, 2.05) is 51.1 Å². The summed E-state index contributed by atoms with van der Waals surface area (Å²) >= 11 is 0. The van der Waals surface area contributed by atoms with Crippen LogP contribution in [-0.2, 0) is 37.4 Å². The number of fused-ring (bicyclic) bond motifs is 3. The molecule has 1 amide bonds. The van der Waals surface area contributed by atoms with Crippen molar-refractivity contribution in [2.45, 2.75) is 53.1 Å². The van der Waals surface area contributed by atoms with Gasteiger partial charge in [0.05, 0.1) is 32.1 Å². The Kier molecular flexibility index (Phi) is 8.55. The molecule has 11 nitrogen and oxygen atoms in total.